The van der Waals surface area contributed by atoms with Crippen molar-refractivity contribution in [3.05, 3.63) is 28.2 Å². The molecule has 1 unspecified atom stereocenters. The molecule has 10 heteroatoms. The number of alkyl halides is 2. The fraction of sp³-hybridized carbons (Fsp3) is 0.611. The van der Waals surface area contributed by atoms with E-state index in [1.165, 1.54) is 0 Å². The van der Waals surface area contributed by atoms with E-state index in [0.717, 1.165) is 6.20 Å². The van der Waals surface area contributed by atoms with Crippen molar-refractivity contribution in [1.82, 2.24) is 4.72 Å². The Morgan fingerprint density at radius 2 is 2.29 bits per heavy atom. The molecule has 1 saturated heterocycles. The molecule has 3 rings (SSSR count). The van der Waals surface area contributed by atoms with E-state index < -0.39 is 34.5 Å². The fourth-order valence-electron chi connectivity index (χ4n) is 3.88. The maximum absolute atomic E-state index is 15.7. The van der Waals surface area contributed by atoms with Crippen LogP contribution >= 0.6 is 15.9 Å². The van der Waals surface area contributed by atoms with Gasteiger partial charge in [-0.1, -0.05) is 0 Å². The molecule has 1 aromatic rings. The molecule has 0 aliphatic carbocycles. The van der Waals surface area contributed by atoms with Gasteiger partial charge in [-0.15, -0.1) is 0 Å². The summed E-state index contributed by atoms with van der Waals surface area (Å²) in [4.78, 5) is 0. The third-order valence-corrected chi connectivity index (χ3v) is 6.49. The van der Waals surface area contributed by atoms with Crippen LogP contribution in [0.15, 0.2) is 22.7 Å². The van der Waals surface area contributed by atoms with Crippen LogP contribution in [0.5, 0.6) is 5.75 Å². The minimum absolute atomic E-state index is 0.108. The van der Waals surface area contributed by atoms with Gasteiger partial charge >= 0.3 is 175 Å². The fourth-order valence-corrected chi connectivity index (χ4v) is 5.00. The number of nitrogens with one attached hydrogen (secondary N) is 1. The first-order chi connectivity index (χ1) is 13.3. The standard InChI is InChI=1S/C18H23BBrF2NO4S/c1-3-25-12-18(21,22)17(23-28(24)19-2)10-16(7-4-8-26-11-16)27-15-6-5-13(20)9-14(15)17/h5-6,9,23H,2-4,7-8,10-12H2,1H3/t16?,17-,28+/m1/s1. The first-order valence-electron chi connectivity index (χ1n) is 9.11. The average molecular weight is 478 g/mol. The van der Waals surface area contributed by atoms with Crippen molar-refractivity contribution >= 4 is 39.4 Å². The van der Waals surface area contributed by atoms with E-state index >= 15 is 8.78 Å². The molecule has 5 nitrogen and oxygen atoms in total. The molecule has 154 valence electrons. The maximum atomic E-state index is 15.7. The number of benzene rings is 1. The van der Waals surface area contributed by atoms with Gasteiger partial charge in [-0.3, -0.25) is 0 Å². The van der Waals surface area contributed by atoms with Crippen LogP contribution in [-0.2, 0) is 25.8 Å². The summed E-state index contributed by atoms with van der Waals surface area (Å²) >= 11 is 3.35. The molecule has 1 fully saturated rings. The van der Waals surface area contributed by atoms with Gasteiger partial charge in [0.2, 0.25) is 0 Å². The van der Waals surface area contributed by atoms with E-state index in [0.29, 0.717) is 29.7 Å². The summed E-state index contributed by atoms with van der Waals surface area (Å²) in [5.74, 6) is -3.05. The van der Waals surface area contributed by atoms with Crippen LogP contribution in [0.3, 0.4) is 0 Å². The zero-order valence-electron chi connectivity index (χ0n) is 15.6. The second-order valence-corrected chi connectivity index (χ2v) is 9.12. The number of rotatable bonds is 7. The monoisotopic (exact) mass is 477 g/mol. The molecule has 1 N–H and O–H groups in total. The summed E-state index contributed by atoms with van der Waals surface area (Å²) in [7, 11) is -1.88. The second-order valence-electron chi connectivity index (χ2n) is 7.07. The Morgan fingerprint density at radius 1 is 1.50 bits per heavy atom. The Labute approximate surface area is 175 Å². The van der Waals surface area contributed by atoms with Gasteiger partial charge in [-0.05, 0) is 0 Å². The Hall–Kier alpha value is -0.675. The molecule has 1 spiro atoms. The average Bonchev–Trinajstić information content (AvgIpc) is 2.67. The van der Waals surface area contributed by atoms with E-state index in [1.54, 1.807) is 25.1 Å². The molecule has 0 radical (unpaired) electrons. The molecule has 0 saturated carbocycles. The molecule has 0 amide bonds. The number of hydrogen-bond acceptors (Lipinski definition) is 4. The van der Waals surface area contributed by atoms with Crippen LogP contribution in [0.1, 0.15) is 31.7 Å². The molecule has 2 aliphatic rings. The van der Waals surface area contributed by atoms with E-state index in [-0.39, 0.29) is 25.2 Å². The van der Waals surface area contributed by atoms with Crippen molar-refractivity contribution in [2.45, 2.75) is 43.2 Å². The van der Waals surface area contributed by atoms with Gasteiger partial charge < -0.3 is 0 Å². The van der Waals surface area contributed by atoms with Crippen molar-refractivity contribution in [3.63, 3.8) is 0 Å². The molecule has 0 bridgehead atoms. The van der Waals surface area contributed by atoms with Crippen LogP contribution in [0.2, 0.25) is 0 Å². The van der Waals surface area contributed by atoms with E-state index in [9.17, 15) is 4.21 Å². The predicted octanol–water partition coefficient (Wildman–Crippen LogP) is 2.95. The van der Waals surface area contributed by atoms with Crippen molar-refractivity contribution in [2.75, 3.05) is 26.4 Å². The molecule has 0 aromatic heterocycles. The van der Waals surface area contributed by atoms with Gasteiger partial charge in [0.25, 0.3) is 0 Å². The van der Waals surface area contributed by atoms with E-state index in [1.807, 2.05) is 0 Å². The van der Waals surface area contributed by atoms with Crippen molar-refractivity contribution in [3.8, 4) is 5.75 Å². The number of fused-ring (bicyclic) bond motifs is 1. The normalized spacial score (nSPS) is 28.3. The summed E-state index contributed by atoms with van der Waals surface area (Å²) < 4.78 is 64.0. The number of ether oxygens (including phenoxy) is 3. The van der Waals surface area contributed by atoms with Crippen LogP contribution in [0.4, 0.5) is 8.78 Å². The van der Waals surface area contributed by atoms with Crippen molar-refractivity contribution in [2.24, 2.45) is 0 Å². The quantitative estimate of drug-likeness (QED) is 0.613. The number of hydrogen-bond donors (Lipinski definition) is 1. The summed E-state index contributed by atoms with van der Waals surface area (Å²) in [5.41, 5.74) is -2.68. The van der Waals surface area contributed by atoms with Gasteiger partial charge in [0.15, 0.2) is 0 Å². The Balaban J connectivity index is 2.19. The van der Waals surface area contributed by atoms with Crippen molar-refractivity contribution < 1.29 is 27.2 Å². The summed E-state index contributed by atoms with van der Waals surface area (Å²) in [6.45, 7) is 5.22. The van der Waals surface area contributed by atoms with E-state index in [2.05, 4.69) is 27.1 Å². The molecule has 28 heavy (non-hydrogen) atoms. The third-order valence-electron chi connectivity index (χ3n) is 5.14. The first-order valence-corrected chi connectivity index (χ1v) is 11.1. The molecule has 2 heterocycles. The Kier molecular flexibility index (Phi) is 6.76. The Bertz CT molecular complexity index is 763. The van der Waals surface area contributed by atoms with Crippen LogP contribution in [-0.4, -0.2) is 54.8 Å². The van der Waals surface area contributed by atoms with E-state index in [4.69, 9.17) is 14.2 Å². The zero-order valence-corrected chi connectivity index (χ0v) is 18.0. The molecule has 2 aliphatic heterocycles. The predicted molar refractivity (Wildman–Crippen MR) is 109 cm³/mol. The number of halogens is 3. The van der Waals surface area contributed by atoms with Crippen LogP contribution < -0.4 is 9.46 Å². The van der Waals surface area contributed by atoms with Gasteiger partial charge in [0.1, 0.15) is 0 Å². The van der Waals surface area contributed by atoms with Gasteiger partial charge in [0.05, 0.1) is 0 Å². The van der Waals surface area contributed by atoms with Crippen molar-refractivity contribution in [1.29, 1.82) is 0 Å². The summed E-state index contributed by atoms with van der Waals surface area (Å²) in [6, 6.07) is 4.97. The second kappa shape index (κ2) is 8.59. The summed E-state index contributed by atoms with van der Waals surface area (Å²) in [5, 5.41) is 0. The molecule has 1 aromatic carbocycles. The van der Waals surface area contributed by atoms with Crippen LogP contribution in [0.25, 0.3) is 0 Å². The SMILES string of the molecule is C=B[S@](=O)N[C@]1(C(F)(F)COCC)CC2(CCCOC2)Oc2ccc(Br)cc21. The minimum atomic E-state index is -3.37. The van der Waals surface area contributed by atoms with Gasteiger partial charge in [0, 0.05) is 0 Å². The molecular formula is C18H23BBrF2NO4S. The third kappa shape index (κ3) is 4.12. The topological polar surface area (TPSA) is 56.8 Å². The Morgan fingerprint density at radius 3 is 2.93 bits per heavy atom. The van der Waals surface area contributed by atoms with Gasteiger partial charge in [-0.2, -0.15) is 0 Å². The van der Waals surface area contributed by atoms with Gasteiger partial charge in [-0.25, -0.2) is 0 Å². The molecular weight excluding hydrogens is 455 g/mol. The first kappa shape index (κ1) is 22.0. The van der Waals surface area contributed by atoms with Crippen LogP contribution in [0, 0.1) is 0 Å². The zero-order chi connectivity index (χ0) is 20.4. The summed E-state index contributed by atoms with van der Waals surface area (Å²) in [6.07, 6.45) is 2.26. The molecule has 3 atom stereocenters.